The van der Waals surface area contributed by atoms with E-state index in [0.29, 0.717) is 11.3 Å². The van der Waals surface area contributed by atoms with Crippen molar-refractivity contribution in [2.24, 2.45) is 0 Å². The third-order valence-electron chi connectivity index (χ3n) is 3.55. The van der Waals surface area contributed by atoms with Gasteiger partial charge in [0.05, 0.1) is 0 Å². The van der Waals surface area contributed by atoms with Crippen LogP contribution in [0.25, 0.3) is 0 Å². The van der Waals surface area contributed by atoms with Gasteiger partial charge in [-0.3, -0.25) is 0 Å². The van der Waals surface area contributed by atoms with Crippen molar-refractivity contribution in [3.8, 4) is 28.7 Å². The summed E-state index contributed by atoms with van der Waals surface area (Å²) in [5.41, 5.74) is 3.34. The van der Waals surface area contributed by atoms with Crippen LogP contribution in [0.5, 0.6) is 28.7 Å². The minimum Gasteiger partial charge on any atom is -0.508 e. The number of hydrogen-bond donors (Lipinski definition) is 5. The Hall–Kier alpha value is -3.34. The van der Waals surface area contributed by atoms with Crippen LogP contribution in [0.3, 0.4) is 0 Å². The number of phenolic OH excluding ortho intramolecular Hbond substituents is 5. The Balaban J connectivity index is 0.000000204. The van der Waals surface area contributed by atoms with Gasteiger partial charge >= 0.3 is 0 Å². The molecule has 3 aromatic carbocycles. The topological polar surface area (TPSA) is 101 Å². The molecule has 0 aliphatic rings. The highest BCUT2D eigenvalue weighted by atomic mass is 16.3. The predicted molar refractivity (Wildman–Crippen MR) is 107 cm³/mol. The highest BCUT2D eigenvalue weighted by molar-refractivity contribution is 5.44. The van der Waals surface area contributed by atoms with Crippen LogP contribution in [0.2, 0.25) is 0 Å². The third kappa shape index (κ3) is 8.05. The first kappa shape index (κ1) is 21.7. The first-order valence-corrected chi connectivity index (χ1v) is 8.33. The molecular formula is C22H26O5. The molecule has 144 valence electrons. The van der Waals surface area contributed by atoms with Gasteiger partial charge in [0.2, 0.25) is 0 Å². The van der Waals surface area contributed by atoms with Crippen molar-refractivity contribution in [1.29, 1.82) is 0 Å². The van der Waals surface area contributed by atoms with Crippen molar-refractivity contribution in [1.82, 2.24) is 0 Å². The molecule has 5 heteroatoms. The first-order valence-electron chi connectivity index (χ1n) is 8.33. The van der Waals surface area contributed by atoms with Crippen LogP contribution in [0.1, 0.15) is 22.3 Å². The second-order valence-electron chi connectivity index (χ2n) is 6.29. The van der Waals surface area contributed by atoms with E-state index in [-0.39, 0.29) is 23.0 Å². The van der Waals surface area contributed by atoms with Crippen molar-refractivity contribution in [3.05, 3.63) is 76.9 Å². The summed E-state index contributed by atoms with van der Waals surface area (Å²) in [6.45, 7) is 7.24. The molecule has 0 unspecified atom stereocenters. The lowest BCUT2D eigenvalue weighted by Crippen LogP contribution is -1.78. The van der Waals surface area contributed by atoms with Crippen LogP contribution in [0, 0.1) is 27.7 Å². The zero-order valence-corrected chi connectivity index (χ0v) is 15.9. The van der Waals surface area contributed by atoms with Gasteiger partial charge < -0.3 is 25.5 Å². The lowest BCUT2D eigenvalue weighted by Gasteiger charge is -2.01. The molecule has 0 bridgehead atoms. The van der Waals surface area contributed by atoms with Crippen LogP contribution >= 0.6 is 0 Å². The van der Waals surface area contributed by atoms with Crippen molar-refractivity contribution in [2.45, 2.75) is 27.7 Å². The molecule has 0 aromatic heterocycles. The maximum absolute atomic E-state index is 9.12. The van der Waals surface area contributed by atoms with Gasteiger partial charge in [0.1, 0.15) is 28.7 Å². The lowest BCUT2D eigenvalue weighted by atomic mass is 10.1. The zero-order valence-electron chi connectivity index (χ0n) is 15.9. The second kappa shape index (κ2) is 9.97. The predicted octanol–water partition coefficient (Wildman–Crippen LogP) is 4.82. The van der Waals surface area contributed by atoms with Crippen LogP contribution in [-0.2, 0) is 0 Å². The monoisotopic (exact) mass is 370 g/mol. The Kier molecular flexibility index (Phi) is 8.01. The molecule has 0 radical (unpaired) electrons. The summed E-state index contributed by atoms with van der Waals surface area (Å²) < 4.78 is 0. The van der Waals surface area contributed by atoms with E-state index in [1.807, 2.05) is 26.0 Å². The van der Waals surface area contributed by atoms with Gasteiger partial charge in [0.15, 0.2) is 0 Å². The quantitative estimate of drug-likeness (QED) is 0.390. The van der Waals surface area contributed by atoms with Crippen molar-refractivity contribution < 1.29 is 25.5 Å². The number of hydrogen-bond acceptors (Lipinski definition) is 5. The van der Waals surface area contributed by atoms with E-state index in [1.165, 1.54) is 6.07 Å². The highest BCUT2D eigenvalue weighted by Gasteiger charge is 2.01. The van der Waals surface area contributed by atoms with Gasteiger partial charge in [-0.15, -0.1) is 0 Å². The Labute approximate surface area is 159 Å². The van der Waals surface area contributed by atoms with Crippen LogP contribution < -0.4 is 0 Å². The molecule has 3 aromatic rings. The Morgan fingerprint density at radius 1 is 0.481 bits per heavy atom. The SMILES string of the molecule is Cc1cc(O)c(C)c(O)c1.Cc1cc(O)cc(O)c1.Cc1cccc(O)c1. The maximum Gasteiger partial charge on any atom is 0.122 e. The molecule has 3 rings (SSSR count). The van der Waals surface area contributed by atoms with Crippen molar-refractivity contribution >= 4 is 0 Å². The van der Waals surface area contributed by atoms with E-state index in [2.05, 4.69) is 0 Å². The summed E-state index contributed by atoms with van der Waals surface area (Å²) in [4.78, 5) is 0. The molecular weight excluding hydrogens is 344 g/mol. The number of benzene rings is 3. The summed E-state index contributed by atoms with van der Waals surface area (Å²) in [5.74, 6) is 0.847. The molecule has 0 heterocycles. The third-order valence-corrected chi connectivity index (χ3v) is 3.55. The minimum atomic E-state index is 0.104. The smallest absolute Gasteiger partial charge is 0.122 e. The van der Waals surface area contributed by atoms with E-state index in [9.17, 15) is 0 Å². The van der Waals surface area contributed by atoms with E-state index >= 15 is 0 Å². The van der Waals surface area contributed by atoms with Gasteiger partial charge in [0.25, 0.3) is 0 Å². The Morgan fingerprint density at radius 2 is 0.926 bits per heavy atom. The fraction of sp³-hybridized carbons (Fsp3) is 0.182. The molecule has 5 nitrogen and oxygen atoms in total. The number of rotatable bonds is 0. The van der Waals surface area contributed by atoms with E-state index < -0.39 is 0 Å². The summed E-state index contributed by atoms with van der Waals surface area (Å²) in [6, 6.07) is 14.9. The molecule has 0 amide bonds. The second-order valence-corrected chi connectivity index (χ2v) is 6.29. The minimum absolute atomic E-state index is 0.104. The molecule has 0 fully saturated rings. The van der Waals surface area contributed by atoms with E-state index in [1.54, 1.807) is 50.2 Å². The normalized spacial score (nSPS) is 9.48. The largest absolute Gasteiger partial charge is 0.508 e. The van der Waals surface area contributed by atoms with Crippen molar-refractivity contribution in [3.63, 3.8) is 0 Å². The van der Waals surface area contributed by atoms with Crippen molar-refractivity contribution in [2.75, 3.05) is 0 Å². The average Bonchev–Trinajstić information content (AvgIpc) is 2.52. The number of aromatic hydroxyl groups is 5. The fourth-order valence-corrected chi connectivity index (χ4v) is 2.19. The van der Waals surface area contributed by atoms with E-state index in [4.69, 9.17) is 25.5 Å². The first-order chi connectivity index (χ1) is 12.6. The van der Waals surface area contributed by atoms with Gasteiger partial charge in [-0.25, -0.2) is 0 Å². The number of phenols is 5. The molecule has 5 N–H and O–H groups in total. The van der Waals surface area contributed by atoms with Gasteiger partial charge in [-0.05, 0) is 80.8 Å². The summed E-state index contributed by atoms with van der Waals surface area (Å²) in [5, 5.41) is 44.7. The summed E-state index contributed by atoms with van der Waals surface area (Å²) in [6.07, 6.45) is 0. The lowest BCUT2D eigenvalue weighted by molar-refractivity contribution is 0.442. The molecule has 0 atom stereocenters. The zero-order chi connectivity index (χ0) is 20.6. The fourth-order valence-electron chi connectivity index (χ4n) is 2.19. The van der Waals surface area contributed by atoms with Crippen LogP contribution in [-0.4, -0.2) is 25.5 Å². The molecule has 0 saturated heterocycles. The standard InChI is InChI=1S/C8H10O2.C7H8O2.C7H8O/c1-5-3-7(9)6(2)8(10)4-5;1-5-2-6(8)4-7(9)3-5;1-6-3-2-4-7(8)5-6/h3-4,9-10H,1-2H3;2-4,8-9H,1H3;2-5,8H,1H3. The molecule has 0 saturated carbocycles. The van der Waals surface area contributed by atoms with Gasteiger partial charge in [0, 0.05) is 11.6 Å². The highest BCUT2D eigenvalue weighted by Crippen LogP contribution is 2.26. The Bertz CT molecular complexity index is 797. The number of aryl methyl sites for hydroxylation is 3. The van der Waals surface area contributed by atoms with Crippen LogP contribution in [0.4, 0.5) is 0 Å². The molecule has 0 spiro atoms. The van der Waals surface area contributed by atoms with Crippen LogP contribution in [0.15, 0.2) is 54.6 Å². The van der Waals surface area contributed by atoms with Gasteiger partial charge in [-0.1, -0.05) is 12.1 Å². The molecule has 27 heavy (non-hydrogen) atoms. The maximum atomic E-state index is 9.12. The molecule has 0 aliphatic carbocycles. The Morgan fingerprint density at radius 3 is 1.30 bits per heavy atom. The molecule has 0 aliphatic heterocycles. The average molecular weight is 370 g/mol. The van der Waals surface area contributed by atoms with Gasteiger partial charge in [-0.2, -0.15) is 0 Å². The van der Waals surface area contributed by atoms with E-state index in [0.717, 1.165) is 16.7 Å². The summed E-state index contributed by atoms with van der Waals surface area (Å²) >= 11 is 0. The summed E-state index contributed by atoms with van der Waals surface area (Å²) in [7, 11) is 0.